The number of halogens is 2. The summed E-state index contributed by atoms with van der Waals surface area (Å²) < 4.78 is 43.3. The van der Waals surface area contributed by atoms with Gasteiger partial charge < -0.3 is 19.5 Å². The van der Waals surface area contributed by atoms with Crippen LogP contribution in [0.3, 0.4) is 0 Å². The fourth-order valence-electron chi connectivity index (χ4n) is 8.85. The Hall–Kier alpha value is -4.50. The average Bonchev–Trinajstić information content (AvgIpc) is 3.96. The maximum Gasteiger partial charge on any atom is 0.335 e. The van der Waals surface area contributed by atoms with E-state index in [0.717, 1.165) is 56.3 Å². The van der Waals surface area contributed by atoms with Crippen LogP contribution < -0.4 is 14.4 Å². The maximum atomic E-state index is 14.2. The van der Waals surface area contributed by atoms with Crippen molar-refractivity contribution in [3.05, 3.63) is 129 Å². The average molecular weight is 919 g/mol. The summed E-state index contributed by atoms with van der Waals surface area (Å²) in [4.78, 5) is 17.1. The van der Waals surface area contributed by atoms with Gasteiger partial charge in [0.05, 0.1) is 36.6 Å². The molecular formula is C44H45BrClN5O6S2. The Kier molecular flexibility index (Phi) is 11.8. The highest BCUT2D eigenvalue weighted by Gasteiger charge is 2.60. The Bertz CT molecular complexity index is 2650. The van der Waals surface area contributed by atoms with Crippen molar-refractivity contribution in [1.82, 2.24) is 19.6 Å². The third-order valence-corrected chi connectivity index (χ3v) is 14.8. The number of thioether (sulfide) groups is 1. The first-order valence-corrected chi connectivity index (χ1v) is 23.8. The summed E-state index contributed by atoms with van der Waals surface area (Å²) in [6.45, 7) is 0.919. The van der Waals surface area contributed by atoms with Crippen molar-refractivity contribution < 1.29 is 27.8 Å². The first-order valence-electron chi connectivity index (χ1n) is 19.5. The Morgan fingerprint density at radius 2 is 1.83 bits per heavy atom. The molecule has 2 aliphatic rings. The van der Waals surface area contributed by atoms with Gasteiger partial charge in [0.2, 0.25) is 0 Å². The van der Waals surface area contributed by atoms with Crippen LogP contribution in [0.2, 0.25) is 5.02 Å². The van der Waals surface area contributed by atoms with Crippen molar-refractivity contribution >= 4 is 71.6 Å². The zero-order valence-electron chi connectivity index (χ0n) is 33.0. The Balaban J connectivity index is 1.09. The number of methoxy groups -OCH3 is 1. The predicted octanol–water partition coefficient (Wildman–Crippen LogP) is 9.05. The molecule has 0 saturated carbocycles. The molecule has 0 fully saturated rings. The number of sulfone groups is 1. The maximum absolute atomic E-state index is 14.2. The highest BCUT2D eigenvalue weighted by molar-refractivity contribution is 9.08. The molecular weight excluding hydrogens is 874 g/mol. The molecule has 0 radical (unpaired) electrons. The first-order chi connectivity index (χ1) is 28.4. The number of ether oxygens (including phenoxy) is 2. The van der Waals surface area contributed by atoms with Gasteiger partial charge in [-0.3, -0.25) is 9.36 Å². The first kappa shape index (κ1) is 41.2. The molecule has 2 atom stereocenters. The lowest BCUT2D eigenvalue weighted by Gasteiger charge is -2.39. The zero-order valence-corrected chi connectivity index (χ0v) is 37.0. The van der Waals surface area contributed by atoms with Crippen LogP contribution in [0.5, 0.6) is 11.5 Å². The van der Waals surface area contributed by atoms with Crippen LogP contribution in [0, 0.1) is 0 Å². The van der Waals surface area contributed by atoms with Crippen molar-refractivity contribution in [2.45, 2.75) is 71.2 Å². The van der Waals surface area contributed by atoms with Crippen LogP contribution in [0.15, 0.2) is 89.8 Å². The quantitative estimate of drug-likeness (QED) is 0.0571. The predicted molar refractivity (Wildman–Crippen MR) is 236 cm³/mol. The van der Waals surface area contributed by atoms with Crippen LogP contribution in [0.25, 0.3) is 10.8 Å². The summed E-state index contributed by atoms with van der Waals surface area (Å²) in [6.07, 6.45) is 2.34. The van der Waals surface area contributed by atoms with E-state index in [2.05, 4.69) is 57.4 Å². The summed E-state index contributed by atoms with van der Waals surface area (Å²) >= 11 is 11.7. The molecule has 8 rings (SSSR count). The van der Waals surface area contributed by atoms with E-state index in [1.165, 1.54) is 5.56 Å². The number of aryl methyl sites for hydroxylation is 2. The lowest BCUT2D eigenvalue weighted by atomic mass is 9.73. The molecule has 2 unspecified atom stereocenters. The number of rotatable bonds is 16. The van der Waals surface area contributed by atoms with Gasteiger partial charge in [-0.1, -0.05) is 70.0 Å². The molecule has 0 bridgehead atoms. The van der Waals surface area contributed by atoms with E-state index in [1.54, 1.807) is 60.7 Å². The number of likely N-dealkylation sites (N-methyl/N-ethyl adjacent to an activating group) is 1. The minimum atomic E-state index is -3.82. The second-order valence-corrected chi connectivity index (χ2v) is 19.3. The van der Waals surface area contributed by atoms with E-state index < -0.39 is 33.0 Å². The van der Waals surface area contributed by atoms with Crippen molar-refractivity contribution in [1.29, 1.82) is 0 Å². The number of anilines is 1. The molecule has 0 spiro atoms. The van der Waals surface area contributed by atoms with E-state index in [0.29, 0.717) is 59.7 Å². The van der Waals surface area contributed by atoms with E-state index in [-0.39, 0.29) is 11.4 Å². The van der Waals surface area contributed by atoms with Crippen LogP contribution in [-0.4, -0.2) is 59.8 Å². The van der Waals surface area contributed by atoms with Gasteiger partial charge >= 0.3 is 5.97 Å². The molecule has 0 saturated heterocycles. The van der Waals surface area contributed by atoms with Gasteiger partial charge in [-0.15, -0.1) is 11.8 Å². The molecule has 4 aromatic carbocycles. The number of aromatic nitrogens is 4. The molecule has 2 aromatic heterocycles. The summed E-state index contributed by atoms with van der Waals surface area (Å²) in [7, 11) is 1.38. The minimum Gasteiger partial charge on any atom is -0.497 e. The van der Waals surface area contributed by atoms with E-state index in [9.17, 15) is 18.3 Å². The lowest BCUT2D eigenvalue weighted by molar-refractivity contribution is -0.144. The van der Waals surface area contributed by atoms with Crippen molar-refractivity contribution in [2.24, 2.45) is 7.05 Å². The third kappa shape index (κ3) is 7.96. The van der Waals surface area contributed by atoms with E-state index in [1.807, 2.05) is 35.0 Å². The Morgan fingerprint density at radius 3 is 2.58 bits per heavy atom. The molecule has 4 heterocycles. The van der Waals surface area contributed by atoms with Gasteiger partial charge in [0.25, 0.3) is 0 Å². The second kappa shape index (κ2) is 16.9. The number of benzene rings is 4. The Morgan fingerprint density at radius 1 is 1.03 bits per heavy atom. The monoisotopic (exact) mass is 917 g/mol. The normalized spacial score (nSPS) is 17.4. The number of fused-ring (bicyclic) bond motifs is 3. The molecule has 308 valence electrons. The topological polar surface area (TPSA) is 129 Å². The summed E-state index contributed by atoms with van der Waals surface area (Å²) in [5.74, 6) is 0.00647. The van der Waals surface area contributed by atoms with Crippen molar-refractivity contribution in [3.63, 3.8) is 0 Å². The number of carboxylic acids is 1. The van der Waals surface area contributed by atoms with Gasteiger partial charge in [-0.05, 0) is 84.7 Å². The molecule has 59 heavy (non-hydrogen) atoms. The minimum absolute atomic E-state index is 0.265. The zero-order chi connectivity index (χ0) is 41.5. The number of carbonyl (C=O) groups is 1. The van der Waals surface area contributed by atoms with Gasteiger partial charge in [-0.2, -0.15) is 10.2 Å². The Labute approximate surface area is 361 Å². The van der Waals surface area contributed by atoms with Gasteiger partial charge in [0.15, 0.2) is 15.4 Å². The number of aliphatic carboxylic acids is 1. The van der Waals surface area contributed by atoms with Crippen molar-refractivity contribution in [2.75, 3.05) is 25.7 Å². The highest BCUT2D eigenvalue weighted by atomic mass is 79.9. The molecule has 15 heteroatoms. The molecule has 0 aliphatic carbocycles. The third-order valence-electron chi connectivity index (χ3n) is 11.5. The van der Waals surface area contributed by atoms with Crippen LogP contribution in [0.1, 0.15) is 64.6 Å². The summed E-state index contributed by atoms with van der Waals surface area (Å²) in [6, 6.07) is 27.7. The number of nitrogens with zero attached hydrogens (tertiary/aromatic N) is 5. The summed E-state index contributed by atoms with van der Waals surface area (Å²) in [5.41, 5.74) is 3.82. The van der Waals surface area contributed by atoms with Crippen molar-refractivity contribution in [3.8, 4) is 11.5 Å². The second-order valence-electron chi connectivity index (χ2n) is 15.2. The molecule has 1 N–H and O–H groups in total. The molecule has 2 aliphatic heterocycles. The van der Waals surface area contributed by atoms with Crippen LogP contribution in [0.4, 0.5) is 5.69 Å². The molecule has 11 nitrogen and oxygen atoms in total. The standard InChI is InChI=1S/C44H45BrClN5O6S2/c1-49-40-21-30(46)14-17-36(40)37(10-7-19-57-41-23-34(20-29-8-4-5-9-35(29)41)58-25-28-12-15-33(56-3)16-13-28)44(49,43(52)53)42-38(48-51-18-6-11-39(42)51)27-59(54,55)26-31-22-32(24-45)50(2)47-31/h4-5,8-9,12-17,20-23,37H,6-7,10-11,18-19,24-27H2,1-3H3,(H,52,53). The molecule has 6 aromatic rings. The smallest absolute Gasteiger partial charge is 0.335 e. The largest absolute Gasteiger partial charge is 0.497 e. The van der Waals surface area contributed by atoms with Gasteiger partial charge in [0.1, 0.15) is 11.5 Å². The number of hydrogen-bond donors (Lipinski definition) is 1. The number of hydrogen-bond acceptors (Lipinski definition) is 9. The highest BCUT2D eigenvalue weighted by Crippen LogP contribution is 2.57. The van der Waals surface area contributed by atoms with E-state index >= 15 is 0 Å². The fraction of sp³-hybridized carbons (Fsp3) is 0.341. The summed E-state index contributed by atoms with van der Waals surface area (Å²) in [5, 5.41) is 23.9. The lowest BCUT2D eigenvalue weighted by Crippen LogP contribution is -2.52. The fourth-order valence-corrected chi connectivity index (χ4v) is 11.8. The van der Waals surface area contributed by atoms with Crippen LogP contribution in [-0.2, 0) is 62.8 Å². The van der Waals surface area contributed by atoms with E-state index in [4.69, 9.17) is 26.2 Å². The van der Waals surface area contributed by atoms with Gasteiger partial charge in [0, 0.05) is 75.6 Å². The number of carboxylic acid groups (broad SMARTS) is 1. The molecule has 0 amide bonds. The van der Waals surface area contributed by atoms with Crippen LogP contribution >= 0.6 is 39.3 Å². The number of alkyl halides is 1. The van der Waals surface area contributed by atoms with Gasteiger partial charge in [-0.25, -0.2) is 13.2 Å². The SMILES string of the molecule is COc1ccc(CSc2cc(OCCCC3c4ccc(Cl)cc4N(C)C3(C(=O)O)c3c(CS(=O)(=O)Cc4cc(CBr)n(C)n4)nn4c3CCC4)c3ccccc3c2)cc1.